The fraction of sp³-hybridized carbons (Fsp3) is 0.371. The predicted molar refractivity (Wildman–Crippen MR) is 157 cm³/mol. The number of aryl methyl sites for hydroxylation is 2. The topological polar surface area (TPSA) is 52.3 Å². The molecule has 0 radical (unpaired) electrons. The molecule has 1 saturated carbocycles. The molecule has 0 N–H and O–H groups in total. The molecule has 4 nitrogen and oxygen atoms in total. The number of alkyl halides is 3. The summed E-state index contributed by atoms with van der Waals surface area (Å²) >= 11 is 0. The van der Waals surface area contributed by atoms with Crippen molar-refractivity contribution in [3.8, 4) is 22.5 Å². The Morgan fingerprint density at radius 3 is 2.26 bits per heavy atom. The fourth-order valence-corrected chi connectivity index (χ4v) is 5.66. The highest BCUT2D eigenvalue weighted by Crippen LogP contribution is 2.51. The summed E-state index contributed by atoms with van der Waals surface area (Å²) in [5, 5.41) is 4.22. The smallest absolute Gasteiger partial charge is 0.416 e. The number of rotatable bonds is 11. The first-order valence-electron chi connectivity index (χ1n) is 14.6. The molecule has 0 bridgehead atoms. The Kier molecular flexibility index (Phi) is 8.58. The zero-order valence-corrected chi connectivity index (χ0v) is 24.3. The number of carbonyl (C=O) groups excluding carboxylic acids is 1. The van der Waals surface area contributed by atoms with Crippen LogP contribution in [0.4, 0.5) is 13.2 Å². The van der Waals surface area contributed by atoms with Crippen LogP contribution in [0.25, 0.3) is 22.5 Å². The van der Waals surface area contributed by atoms with Crippen molar-refractivity contribution in [2.45, 2.75) is 70.9 Å². The molecule has 0 spiro atoms. The van der Waals surface area contributed by atoms with Crippen LogP contribution in [0.1, 0.15) is 67.5 Å². The van der Waals surface area contributed by atoms with Gasteiger partial charge in [0, 0.05) is 16.5 Å². The van der Waals surface area contributed by atoms with Gasteiger partial charge in [-0.25, -0.2) is 0 Å². The van der Waals surface area contributed by atoms with E-state index in [1.807, 2.05) is 26.0 Å². The van der Waals surface area contributed by atoms with Gasteiger partial charge in [0.15, 0.2) is 5.76 Å². The summed E-state index contributed by atoms with van der Waals surface area (Å²) in [6.45, 7) is 6.26. The Balaban J connectivity index is 1.24. The molecule has 7 heteroatoms. The third-order valence-electron chi connectivity index (χ3n) is 8.34. The Hall–Kier alpha value is -3.87. The van der Waals surface area contributed by atoms with Crippen molar-refractivity contribution in [2.24, 2.45) is 5.92 Å². The highest BCUT2D eigenvalue weighted by molar-refractivity contribution is 5.73. The average Bonchev–Trinajstić information content (AvgIpc) is 3.67. The Morgan fingerprint density at radius 2 is 1.64 bits per heavy atom. The second-order valence-corrected chi connectivity index (χ2v) is 11.5. The molecule has 0 amide bonds. The molecule has 4 aromatic rings. The number of aromatic nitrogens is 1. The molecular weight excluding hydrogens is 539 g/mol. The van der Waals surface area contributed by atoms with E-state index in [0.717, 1.165) is 65.5 Å². The van der Waals surface area contributed by atoms with Crippen molar-refractivity contribution in [1.82, 2.24) is 5.16 Å². The molecule has 3 aromatic carbocycles. The Morgan fingerprint density at radius 1 is 1.00 bits per heavy atom. The first kappa shape index (κ1) is 29.6. The lowest BCUT2D eigenvalue weighted by Gasteiger charge is -2.15. The summed E-state index contributed by atoms with van der Waals surface area (Å²) in [6, 6.07) is 22.2. The molecule has 1 fully saturated rings. The lowest BCUT2D eigenvalue weighted by Crippen LogP contribution is -2.15. The highest BCUT2D eigenvalue weighted by Gasteiger charge is 2.46. The maximum Gasteiger partial charge on any atom is 0.416 e. The van der Waals surface area contributed by atoms with Crippen LogP contribution in [0.2, 0.25) is 0 Å². The first-order valence-corrected chi connectivity index (χ1v) is 14.6. The minimum Gasteiger partial charge on any atom is -0.466 e. The van der Waals surface area contributed by atoms with Gasteiger partial charge in [-0.05, 0) is 80.2 Å². The van der Waals surface area contributed by atoms with E-state index in [2.05, 4.69) is 48.5 Å². The molecule has 0 saturated heterocycles. The third kappa shape index (κ3) is 6.77. The van der Waals surface area contributed by atoms with E-state index >= 15 is 0 Å². The van der Waals surface area contributed by atoms with E-state index in [4.69, 9.17) is 9.26 Å². The molecule has 1 aliphatic rings. The molecule has 220 valence electrons. The number of nitrogens with zero attached hydrogens (tertiary/aromatic N) is 1. The number of hydrogen-bond acceptors (Lipinski definition) is 4. The molecule has 1 heterocycles. The molecule has 1 aromatic heterocycles. The second kappa shape index (κ2) is 12.2. The standard InChI is InChI=1S/C35H36F3NO3/c1-4-41-32(40)22-34(18-19-34)29-16-14-27(15-17-29)26-10-12-28(13-11-26)33-31(24(3)39-42-33)20-23(2)8-9-25-6-5-7-30(21-25)35(36,37)38/h5-7,10-17,21,23H,4,8-9,18-20,22H2,1-3H3. The van der Waals surface area contributed by atoms with Crippen LogP contribution >= 0.6 is 0 Å². The third-order valence-corrected chi connectivity index (χ3v) is 8.34. The van der Waals surface area contributed by atoms with Crippen molar-refractivity contribution < 1.29 is 27.2 Å². The summed E-state index contributed by atoms with van der Waals surface area (Å²) in [5.41, 5.74) is 6.13. The molecule has 0 aliphatic heterocycles. The second-order valence-electron chi connectivity index (χ2n) is 11.5. The average molecular weight is 576 g/mol. The highest BCUT2D eigenvalue weighted by atomic mass is 19.4. The van der Waals surface area contributed by atoms with Gasteiger partial charge in [0.05, 0.1) is 24.3 Å². The number of halogens is 3. The van der Waals surface area contributed by atoms with Crippen LogP contribution < -0.4 is 0 Å². The molecule has 1 unspecified atom stereocenters. The largest absolute Gasteiger partial charge is 0.466 e. The van der Waals surface area contributed by atoms with Crippen molar-refractivity contribution in [2.75, 3.05) is 6.61 Å². The van der Waals surface area contributed by atoms with E-state index in [9.17, 15) is 18.0 Å². The maximum atomic E-state index is 13.1. The fourth-order valence-electron chi connectivity index (χ4n) is 5.66. The number of benzene rings is 3. The van der Waals surface area contributed by atoms with Gasteiger partial charge in [0.1, 0.15) is 0 Å². The van der Waals surface area contributed by atoms with Gasteiger partial charge in [0.25, 0.3) is 0 Å². The lowest BCUT2D eigenvalue weighted by atomic mass is 9.90. The van der Waals surface area contributed by atoms with Gasteiger partial charge in [-0.2, -0.15) is 13.2 Å². The normalized spacial score (nSPS) is 14.9. The number of esters is 1. The monoisotopic (exact) mass is 575 g/mol. The van der Waals surface area contributed by atoms with Crippen molar-refractivity contribution in [1.29, 1.82) is 0 Å². The molecule has 42 heavy (non-hydrogen) atoms. The van der Waals surface area contributed by atoms with Gasteiger partial charge in [-0.3, -0.25) is 4.79 Å². The van der Waals surface area contributed by atoms with E-state index in [1.54, 1.807) is 6.07 Å². The maximum absolute atomic E-state index is 13.1. The van der Waals surface area contributed by atoms with Crippen LogP contribution in [0.5, 0.6) is 0 Å². The van der Waals surface area contributed by atoms with Gasteiger partial charge in [-0.15, -0.1) is 0 Å². The van der Waals surface area contributed by atoms with E-state index in [0.29, 0.717) is 25.0 Å². The van der Waals surface area contributed by atoms with Gasteiger partial charge in [0.2, 0.25) is 0 Å². The van der Waals surface area contributed by atoms with E-state index in [-0.39, 0.29) is 17.3 Å². The van der Waals surface area contributed by atoms with Crippen LogP contribution in [0.3, 0.4) is 0 Å². The van der Waals surface area contributed by atoms with Crippen LogP contribution in [0, 0.1) is 12.8 Å². The van der Waals surface area contributed by atoms with Crippen molar-refractivity contribution in [3.05, 3.63) is 101 Å². The summed E-state index contributed by atoms with van der Waals surface area (Å²) in [4.78, 5) is 12.1. The minimum atomic E-state index is -4.33. The number of hydrogen-bond donors (Lipinski definition) is 0. The van der Waals surface area contributed by atoms with Gasteiger partial charge >= 0.3 is 12.1 Å². The quantitative estimate of drug-likeness (QED) is 0.167. The SMILES string of the molecule is CCOC(=O)CC1(c2ccc(-c3ccc(-c4onc(C)c4CC(C)CCc4cccc(C(F)(F)F)c4)cc3)cc2)CC1. The zero-order chi connectivity index (χ0) is 29.9. The Bertz CT molecular complexity index is 1520. The van der Waals surface area contributed by atoms with E-state index in [1.165, 1.54) is 17.7 Å². The molecule has 5 rings (SSSR count). The minimum absolute atomic E-state index is 0.0839. The zero-order valence-electron chi connectivity index (χ0n) is 24.3. The van der Waals surface area contributed by atoms with Crippen molar-refractivity contribution in [3.63, 3.8) is 0 Å². The molecule has 1 atom stereocenters. The predicted octanol–water partition coefficient (Wildman–Crippen LogP) is 9.13. The number of ether oxygens (including phenoxy) is 1. The summed E-state index contributed by atoms with van der Waals surface area (Å²) in [7, 11) is 0. The molecule has 1 aliphatic carbocycles. The van der Waals surface area contributed by atoms with Crippen molar-refractivity contribution >= 4 is 5.97 Å². The van der Waals surface area contributed by atoms with E-state index < -0.39 is 11.7 Å². The summed E-state index contributed by atoms with van der Waals surface area (Å²) in [5.74, 6) is 0.824. The van der Waals surface area contributed by atoms with Gasteiger partial charge in [-0.1, -0.05) is 78.8 Å². The number of carbonyl (C=O) groups is 1. The van der Waals surface area contributed by atoms with Crippen LogP contribution in [0.15, 0.2) is 77.3 Å². The summed E-state index contributed by atoms with van der Waals surface area (Å²) < 4.78 is 50.1. The molecular formula is C35H36F3NO3. The summed E-state index contributed by atoms with van der Waals surface area (Å²) in [6.07, 6.45) is 0.146. The first-order chi connectivity index (χ1) is 20.1. The Labute approximate surface area is 244 Å². The van der Waals surface area contributed by atoms with Gasteiger partial charge < -0.3 is 9.26 Å². The van der Waals surface area contributed by atoms with Crippen LogP contribution in [-0.2, 0) is 34.0 Å². The van der Waals surface area contributed by atoms with Crippen LogP contribution in [-0.4, -0.2) is 17.7 Å². The lowest BCUT2D eigenvalue weighted by molar-refractivity contribution is -0.143.